The third kappa shape index (κ3) is 6.67. The SMILES string of the molecule is C/C=N/SC(C)Cc1ccc(C)cc1.CC. The van der Waals surface area contributed by atoms with Gasteiger partial charge in [0.25, 0.3) is 0 Å². The molecule has 0 saturated carbocycles. The van der Waals surface area contributed by atoms with E-state index in [0.29, 0.717) is 5.25 Å². The Kier molecular flexibility index (Phi) is 9.02. The Balaban J connectivity index is 0.00000106. The molecule has 0 aliphatic rings. The van der Waals surface area contributed by atoms with Crippen LogP contribution in [0.25, 0.3) is 0 Å². The molecule has 0 aliphatic carbocycles. The third-order valence-corrected chi connectivity index (χ3v) is 2.85. The highest BCUT2D eigenvalue weighted by Crippen LogP contribution is 2.16. The third-order valence-electron chi connectivity index (χ3n) is 1.99. The average molecular weight is 237 g/mol. The van der Waals surface area contributed by atoms with Gasteiger partial charge in [0.15, 0.2) is 0 Å². The van der Waals surface area contributed by atoms with E-state index in [1.807, 2.05) is 27.0 Å². The summed E-state index contributed by atoms with van der Waals surface area (Å²) in [6.45, 7) is 10.3. The summed E-state index contributed by atoms with van der Waals surface area (Å²) in [5, 5.41) is 0.550. The molecule has 1 aromatic rings. The maximum absolute atomic E-state index is 4.18. The standard InChI is InChI=1S/C12H17NS.C2H6/c1-4-13-14-11(3)9-12-7-5-10(2)6-8-12;1-2/h4-8,11H,9H2,1-3H3;1-2H3/b13-4+;. The lowest BCUT2D eigenvalue weighted by Gasteiger charge is -2.07. The minimum atomic E-state index is 0.550. The minimum absolute atomic E-state index is 0.550. The first-order valence-corrected chi connectivity index (χ1v) is 6.75. The number of hydrogen-bond donors (Lipinski definition) is 0. The molecule has 0 saturated heterocycles. The van der Waals surface area contributed by atoms with Crippen LogP contribution in [0.4, 0.5) is 0 Å². The van der Waals surface area contributed by atoms with E-state index < -0.39 is 0 Å². The van der Waals surface area contributed by atoms with Crippen LogP contribution in [0.2, 0.25) is 0 Å². The first-order chi connectivity index (χ1) is 7.72. The zero-order valence-corrected chi connectivity index (χ0v) is 11.8. The van der Waals surface area contributed by atoms with Crippen molar-refractivity contribution in [2.45, 2.75) is 46.3 Å². The summed E-state index contributed by atoms with van der Waals surface area (Å²) in [4.78, 5) is 0. The molecule has 0 aliphatic heterocycles. The number of benzene rings is 1. The van der Waals surface area contributed by atoms with Crippen LogP contribution in [0.5, 0.6) is 0 Å². The van der Waals surface area contributed by atoms with Gasteiger partial charge in [-0.05, 0) is 37.8 Å². The van der Waals surface area contributed by atoms with E-state index in [9.17, 15) is 0 Å². The van der Waals surface area contributed by atoms with Crippen molar-refractivity contribution in [2.75, 3.05) is 0 Å². The lowest BCUT2D eigenvalue weighted by atomic mass is 10.1. The molecule has 0 fully saturated rings. The fourth-order valence-electron chi connectivity index (χ4n) is 1.26. The van der Waals surface area contributed by atoms with Gasteiger partial charge < -0.3 is 0 Å². The van der Waals surface area contributed by atoms with Crippen molar-refractivity contribution < 1.29 is 0 Å². The maximum atomic E-state index is 4.18. The Bertz CT molecular complexity index is 290. The monoisotopic (exact) mass is 237 g/mol. The molecule has 90 valence electrons. The summed E-state index contributed by atoms with van der Waals surface area (Å²) in [5.41, 5.74) is 2.71. The van der Waals surface area contributed by atoms with Crippen molar-refractivity contribution in [1.29, 1.82) is 0 Å². The maximum Gasteiger partial charge on any atom is 0.0278 e. The van der Waals surface area contributed by atoms with E-state index in [1.54, 1.807) is 11.9 Å². The highest BCUT2D eigenvalue weighted by Gasteiger charge is 2.02. The summed E-state index contributed by atoms with van der Waals surface area (Å²) >= 11 is 1.64. The smallest absolute Gasteiger partial charge is 0.0278 e. The van der Waals surface area contributed by atoms with E-state index in [4.69, 9.17) is 0 Å². The van der Waals surface area contributed by atoms with Gasteiger partial charge in [0.05, 0.1) is 0 Å². The van der Waals surface area contributed by atoms with Gasteiger partial charge in [0.2, 0.25) is 0 Å². The summed E-state index contributed by atoms with van der Waals surface area (Å²) in [6, 6.07) is 8.72. The van der Waals surface area contributed by atoms with Crippen LogP contribution in [-0.4, -0.2) is 11.5 Å². The van der Waals surface area contributed by atoms with Crippen LogP contribution >= 0.6 is 11.9 Å². The van der Waals surface area contributed by atoms with Crippen molar-refractivity contribution in [2.24, 2.45) is 4.40 Å². The molecule has 0 spiro atoms. The van der Waals surface area contributed by atoms with Crippen LogP contribution in [0.1, 0.15) is 38.8 Å². The summed E-state index contributed by atoms with van der Waals surface area (Å²) in [5.74, 6) is 0. The Morgan fingerprint density at radius 1 is 1.25 bits per heavy atom. The van der Waals surface area contributed by atoms with Crippen LogP contribution < -0.4 is 0 Å². The van der Waals surface area contributed by atoms with Gasteiger partial charge in [-0.15, -0.1) is 0 Å². The molecule has 0 radical (unpaired) electrons. The van der Waals surface area contributed by atoms with Crippen molar-refractivity contribution in [3.8, 4) is 0 Å². The molecule has 0 amide bonds. The molecule has 0 N–H and O–H groups in total. The molecule has 0 bridgehead atoms. The number of aryl methyl sites for hydroxylation is 1. The molecule has 1 nitrogen and oxygen atoms in total. The summed E-state index contributed by atoms with van der Waals surface area (Å²) < 4.78 is 4.18. The van der Waals surface area contributed by atoms with Crippen molar-refractivity contribution in [3.05, 3.63) is 35.4 Å². The number of nitrogens with zero attached hydrogens (tertiary/aromatic N) is 1. The van der Waals surface area contributed by atoms with Gasteiger partial charge >= 0.3 is 0 Å². The van der Waals surface area contributed by atoms with E-state index in [1.165, 1.54) is 11.1 Å². The van der Waals surface area contributed by atoms with Gasteiger partial charge in [-0.25, -0.2) is 4.40 Å². The van der Waals surface area contributed by atoms with Crippen molar-refractivity contribution in [1.82, 2.24) is 0 Å². The van der Waals surface area contributed by atoms with Crippen molar-refractivity contribution >= 4 is 18.2 Å². The van der Waals surface area contributed by atoms with Crippen molar-refractivity contribution in [3.63, 3.8) is 0 Å². The second-order valence-corrected chi connectivity index (χ2v) is 4.70. The zero-order chi connectivity index (χ0) is 12.4. The number of rotatable bonds is 4. The molecule has 16 heavy (non-hydrogen) atoms. The van der Waals surface area contributed by atoms with Crippen LogP contribution in [0.15, 0.2) is 28.7 Å². The normalized spacial score (nSPS) is 12.1. The fraction of sp³-hybridized carbons (Fsp3) is 0.500. The molecular weight excluding hydrogens is 214 g/mol. The van der Waals surface area contributed by atoms with Gasteiger partial charge in [-0.2, -0.15) is 0 Å². The van der Waals surface area contributed by atoms with Crippen LogP contribution in [0.3, 0.4) is 0 Å². The van der Waals surface area contributed by atoms with E-state index in [2.05, 4.69) is 42.5 Å². The van der Waals surface area contributed by atoms with Crippen LogP contribution in [-0.2, 0) is 6.42 Å². The molecule has 0 aromatic heterocycles. The molecule has 2 heteroatoms. The predicted molar refractivity (Wildman–Crippen MR) is 77.5 cm³/mol. The van der Waals surface area contributed by atoms with E-state index >= 15 is 0 Å². The quantitative estimate of drug-likeness (QED) is 0.546. The van der Waals surface area contributed by atoms with E-state index in [-0.39, 0.29) is 0 Å². The molecular formula is C14H23NS. The highest BCUT2D eigenvalue weighted by atomic mass is 32.2. The largest absolute Gasteiger partial charge is 0.229 e. The van der Waals surface area contributed by atoms with E-state index in [0.717, 1.165) is 6.42 Å². The van der Waals surface area contributed by atoms with Gasteiger partial charge in [0, 0.05) is 11.5 Å². The minimum Gasteiger partial charge on any atom is -0.229 e. The molecule has 1 atom stereocenters. The Morgan fingerprint density at radius 2 is 1.81 bits per heavy atom. The first kappa shape index (κ1) is 15.2. The number of hydrogen-bond acceptors (Lipinski definition) is 2. The second kappa shape index (κ2) is 9.46. The predicted octanol–water partition coefficient (Wildman–Crippen LogP) is 4.69. The van der Waals surface area contributed by atoms with Gasteiger partial charge in [-0.1, -0.05) is 50.6 Å². The second-order valence-electron chi connectivity index (χ2n) is 3.47. The van der Waals surface area contributed by atoms with Crippen LogP contribution in [0, 0.1) is 6.92 Å². The Hall–Kier alpha value is -0.760. The Labute approximate surface area is 105 Å². The Morgan fingerprint density at radius 3 is 2.31 bits per heavy atom. The lowest BCUT2D eigenvalue weighted by Crippen LogP contribution is -1.99. The summed E-state index contributed by atoms with van der Waals surface area (Å²) in [7, 11) is 0. The van der Waals surface area contributed by atoms with Gasteiger partial charge in [0.1, 0.15) is 0 Å². The zero-order valence-electron chi connectivity index (χ0n) is 11.0. The fourth-order valence-corrected chi connectivity index (χ4v) is 1.85. The summed E-state index contributed by atoms with van der Waals surface area (Å²) in [6.07, 6.45) is 2.93. The lowest BCUT2D eigenvalue weighted by molar-refractivity contribution is 0.943. The molecule has 1 aromatic carbocycles. The molecule has 1 unspecified atom stereocenters. The molecule has 1 rings (SSSR count). The topological polar surface area (TPSA) is 12.4 Å². The average Bonchev–Trinajstić information content (AvgIpc) is 2.32. The first-order valence-electron chi connectivity index (χ1n) is 5.91. The van der Waals surface area contributed by atoms with Gasteiger partial charge in [-0.3, -0.25) is 0 Å². The molecule has 0 heterocycles. The highest BCUT2D eigenvalue weighted by molar-refractivity contribution is 7.98.